The number of carbonyl (C=O) groups is 2. The van der Waals surface area contributed by atoms with Crippen LogP contribution in [0, 0.1) is 11.3 Å². The van der Waals surface area contributed by atoms with Crippen LogP contribution in [0.4, 0.5) is 0 Å². The molecule has 0 bridgehead atoms. The van der Waals surface area contributed by atoms with Crippen LogP contribution >= 0.6 is 0 Å². The maximum atomic E-state index is 11.2. The van der Waals surface area contributed by atoms with Gasteiger partial charge in [-0.2, -0.15) is 0 Å². The summed E-state index contributed by atoms with van der Waals surface area (Å²) in [6.45, 7) is 5.89. The number of hydrogen-bond acceptors (Lipinski definition) is 3. The Hall–Kier alpha value is -1.06. The van der Waals surface area contributed by atoms with Crippen molar-refractivity contribution in [3.63, 3.8) is 0 Å². The van der Waals surface area contributed by atoms with Gasteiger partial charge in [-0.05, 0) is 11.8 Å². The minimum atomic E-state index is -0.968. The third kappa shape index (κ3) is 5.56. The molecule has 0 spiro atoms. The number of ether oxygens (including phenoxy) is 1. The summed E-state index contributed by atoms with van der Waals surface area (Å²) in [4.78, 5) is 21.7. The van der Waals surface area contributed by atoms with Crippen LogP contribution in [0.15, 0.2) is 0 Å². The summed E-state index contributed by atoms with van der Waals surface area (Å²) >= 11 is 0. The van der Waals surface area contributed by atoms with Gasteiger partial charge in [0.25, 0.3) is 0 Å². The van der Waals surface area contributed by atoms with Crippen molar-refractivity contribution in [3.05, 3.63) is 0 Å². The molecule has 0 heterocycles. The van der Waals surface area contributed by atoms with Crippen LogP contribution in [0.5, 0.6) is 0 Å². The second-order valence-corrected chi connectivity index (χ2v) is 4.58. The molecule has 0 aliphatic carbocycles. The first-order valence-electron chi connectivity index (χ1n) is 4.56. The highest BCUT2D eigenvalue weighted by atomic mass is 16.5. The van der Waals surface area contributed by atoms with Crippen molar-refractivity contribution in [1.82, 2.24) is 0 Å². The van der Waals surface area contributed by atoms with E-state index in [1.54, 1.807) is 0 Å². The molecule has 14 heavy (non-hydrogen) atoms. The fourth-order valence-corrected chi connectivity index (χ4v) is 1.36. The predicted molar refractivity (Wildman–Crippen MR) is 51.8 cm³/mol. The number of rotatable bonds is 4. The van der Waals surface area contributed by atoms with Crippen LogP contribution in [0.25, 0.3) is 0 Å². The minimum Gasteiger partial charge on any atom is -0.481 e. The molecule has 0 unspecified atom stereocenters. The molecule has 82 valence electrons. The Labute approximate surface area is 84.3 Å². The van der Waals surface area contributed by atoms with Crippen LogP contribution in [-0.2, 0) is 14.3 Å². The van der Waals surface area contributed by atoms with Crippen LogP contribution < -0.4 is 0 Å². The number of carboxylic acids is 1. The Morgan fingerprint density at radius 3 is 2.14 bits per heavy atom. The van der Waals surface area contributed by atoms with E-state index >= 15 is 0 Å². The molecule has 0 saturated carbocycles. The molecule has 0 rings (SSSR count). The van der Waals surface area contributed by atoms with Gasteiger partial charge in [0.1, 0.15) is 0 Å². The number of carboxylic acid groups (broad SMARTS) is 1. The average molecular weight is 202 g/mol. The molecule has 0 aliphatic heterocycles. The number of aliphatic carboxylic acids is 1. The highest BCUT2D eigenvalue weighted by Gasteiger charge is 2.27. The van der Waals surface area contributed by atoms with E-state index in [0.29, 0.717) is 6.42 Å². The summed E-state index contributed by atoms with van der Waals surface area (Å²) in [5.74, 6) is -1.95. The lowest BCUT2D eigenvalue weighted by atomic mass is 9.83. The normalized spacial score (nSPS) is 13.4. The molecule has 0 aromatic carbocycles. The molecule has 0 amide bonds. The Kier molecular flexibility index (Phi) is 4.60. The van der Waals surface area contributed by atoms with Crippen molar-refractivity contribution >= 4 is 11.9 Å². The van der Waals surface area contributed by atoms with Gasteiger partial charge in [-0.25, -0.2) is 0 Å². The molecular weight excluding hydrogens is 184 g/mol. The van der Waals surface area contributed by atoms with Gasteiger partial charge in [-0.3, -0.25) is 9.59 Å². The second-order valence-electron chi connectivity index (χ2n) is 4.58. The first-order valence-corrected chi connectivity index (χ1v) is 4.56. The van der Waals surface area contributed by atoms with Crippen molar-refractivity contribution in [2.45, 2.75) is 33.6 Å². The van der Waals surface area contributed by atoms with Gasteiger partial charge < -0.3 is 9.84 Å². The number of hydrogen-bond donors (Lipinski definition) is 1. The van der Waals surface area contributed by atoms with Gasteiger partial charge in [0, 0.05) is 0 Å². The van der Waals surface area contributed by atoms with Crippen LogP contribution in [0.2, 0.25) is 0 Å². The van der Waals surface area contributed by atoms with E-state index in [1.165, 1.54) is 7.11 Å². The molecular formula is C10H18O4. The monoisotopic (exact) mass is 202 g/mol. The first kappa shape index (κ1) is 12.9. The van der Waals surface area contributed by atoms with E-state index in [1.807, 2.05) is 20.8 Å². The maximum Gasteiger partial charge on any atom is 0.309 e. The van der Waals surface area contributed by atoms with E-state index in [9.17, 15) is 9.59 Å². The SMILES string of the molecule is COC(=O)[C@H](CC(=O)O)CC(C)(C)C. The minimum absolute atomic E-state index is 0.0751. The van der Waals surface area contributed by atoms with Gasteiger partial charge in [-0.1, -0.05) is 20.8 Å². The lowest BCUT2D eigenvalue weighted by molar-refractivity contribution is -0.151. The number of esters is 1. The molecule has 0 aliphatic rings. The molecule has 1 N–H and O–H groups in total. The third-order valence-corrected chi connectivity index (χ3v) is 1.81. The van der Waals surface area contributed by atoms with E-state index in [-0.39, 0.29) is 11.8 Å². The van der Waals surface area contributed by atoms with Gasteiger partial charge in [0.2, 0.25) is 0 Å². The van der Waals surface area contributed by atoms with Crippen LogP contribution in [0.3, 0.4) is 0 Å². The lowest BCUT2D eigenvalue weighted by Gasteiger charge is -2.23. The molecule has 0 aromatic heterocycles. The van der Waals surface area contributed by atoms with Gasteiger partial charge in [0.05, 0.1) is 19.4 Å². The zero-order valence-electron chi connectivity index (χ0n) is 9.16. The molecule has 4 heteroatoms. The fourth-order valence-electron chi connectivity index (χ4n) is 1.36. The molecule has 0 saturated heterocycles. The number of carbonyl (C=O) groups excluding carboxylic acids is 1. The van der Waals surface area contributed by atoms with Gasteiger partial charge in [0.15, 0.2) is 0 Å². The third-order valence-electron chi connectivity index (χ3n) is 1.81. The lowest BCUT2D eigenvalue weighted by Crippen LogP contribution is -2.24. The summed E-state index contributed by atoms with van der Waals surface area (Å²) in [6, 6.07) is 0. The van der Waals surface area contributed by atoms with E-state index < -0.39 is 17.9 Å². The number of methoxy groups -OCH3 is 1. The summed E-state index contributed by atoms with van der Waals surface area (Å²) in [5.41, 5.74) is -0.0751. The second kappa shape index (κ2) is 4.98. The fraction of sp³-hybridized carbons (Fsp3) is 0.800. The summed E-state index contributed by atoms with van der Waals surface area (Å²) in [7, 11) is 1.28. The zero-order valence-corrected chi connectivity index (χ0v) is 9.16. The highest BCUT2D eigenvalue weighted by Crippen LogP contribution is 2.27. The summed E-state index contributed by atoms with van der Waals surface area (Å²) in [5, 5.41) is 8.62. The van der Waals surface area contributed by atoms with Crippen molar-refractivity contribution in [2.24, 2.45) is 11.3 Å². The molecule has 0 fully saturated rings. The topological polar surface area (TPSA) is 63.6 Å². The van der Waals surface area contributed by atoms with Gasteiger partial charge >= 0.3 is 11.9 Å². The molecule has 1 atom stereocenters. The van der Waals surface area contributed by atoms with E-state index in [4.69, 9.17) is 5.11 Å². The summed E-state index contributed by atoms with van der Waals surface area (Å²) < 4.78 is 4.56. The van der Waals surface area contributed by atoms with Crippen molar-refractivity contribution in [2.75, 3.05) is 7.11 Å². The Balaban J connectivity index is 4.40. The summed E-state index contributed by atoms with van der Waals surface area (Å²) in [6.07, 6.45) is 0.357. The maximum absolute atomic E-state index is 11.2. The molecule has 0 aromatic rings. The largest absolute Gasteiger partial charge is 0.481 e. The quantitative estimate of drug-likeness (QED) is 0.704. The smallest absolute Gasteiger partial charge is 0.309 e. The highest BCUT2D eigenvalue weighted by molar-refractivity contribution is 5.78. The standard InChI is InChI=1S/C10H18O4/c1-10(2,3)6-7(5-8(11)12)9(13)14-4/h7H,5-6H2,1-4H3,(H,11,12)/t7-/m1/s1. The predicted octanol–water partition coefficient (Wildman–Crippen LogP) is 1.69. The van der Waals surface area contributed by atoms with Crippen molar-refractivity contribution in [3.8, 4) is 0 Å². The zero-order chi connectivity index (χ0) is 11.4. The van der Waals surface area contributed by atoms with Crippen LogP contribution in [0.1, 0.15) is 33.6 Å². The van der Waals surface area contributed by atoms with Gasteiger partial charge in [-0.15, -0.1) is 0 Å². The van der Waals surface area contributed by atoms with Crippen LogP contribution in [-0.4, -0.2) is 24.2 Å². The Morgan fingerprint density at radius 1 is 1.36 bits per heavy atom. The van der Waals surface area contributed by atoms with E-state index in [0.717, 1.165) is 0 Å². The first-order chi connectivity index (χ1) is 6.26. The van der Waals surface area contributed by atoms with Crippen molar-refractivity contribution in [1.29, 1.82) is 0 Å². The Bertz CT molecular complexity index is 215. The molecule has 0 radical (unpaired) electrons. The van der Waals surface area contributed by atoms with E-state index in [2.05, 4.69) is 4.74 Å². The van der Waals surface area contributed by atoms with Crippen molar-refractivity contribution < 1.29 is 19.4 Å². The molecule has 4 nitrogen and oxygen atoms in total. The average Bonchev–Trinajstić information content (AvgIpc) is 1.98. The Morgan fingerprint density at radius 2 is 1.86 bits per heavy atom.